The van der Waals surface area contributed by atoms with E-state index in [0.29, 0.717) is 59.8 Å². The van der Waals surface area contributed by atoms with Gasteiger partial charge in [-0.2, -0.15) is 4.98 Å². The summed E-state index contributed by atoms with van der Waals surface area (Å²) in [6, 6.07) is 12.7. The number of hydrogen-bond donors (Lipinski definition) is 2. The summed E-state index contributed by atoms with van der Waals surface area (Å²) < 4.78 is 13.0. The van der Waals surface area contributed by atoms with E-state index in [-0.39, 0.29) is 11.7 Å². The number of aldehydes is 1. The van der Waals surface area contributed by atoms with Crippen molar-refractivity contribution >= 4 is 29.6 Å². The average Bonchev–Trinajstić information content (AvgIpc) is 2.85. The number of anilines is 3. The molecule has 3 aromatic rings. The molecule has 0 aliphatic rings. The third kappa shape index (κ3) is 6.37. The number of rotatable bonds is 8. The molecule has 0 unspecified atom stereocenters. The Morgan fingerprint density at radius 2 is 1.94 bits per heavy atom. The summed E-state index contributed by atoms with van der Waals surface area (Å²) >= 11 is 0. The van der Waals surface area contributed by atoms with E-state index < -0.39 is 0 Å². The van der Waals surface area contributed by atoms with Crippen molar-refractivity contribution in [2.24, 2.45) is 0 Å². The molecular formula is C25H24FN5O2. The molecule has 2 aromatic carbocycles. The van der Waals surface area contributed by atoms with E-state index in [1.165, 1.54) is 12.1 Å². The van der Waals surface area contributed by atoms with Gasteiger partial charge in [0.25, 0.3) is 5.91 Å². The van der Waals surface area contributed by atoms with Crippen molar-refractivity contribution in [3.8, 4) is 11.8 Å². The summed E-state index contributed by atoms with van der Waals surface area (Å²) in [5.41, 5.74) is 2.09. The van der Waals surface area contributed by atoms with Gasteiger partial charge in [0.1, 0.15) is 11.6 Å². The summed E-state index contributed by atoms with van der Waals surface area (Å²) in [6.45, 7) is 0.511. The van der Waals surface area contributed by atoms with Gasteiger partial charge in [0.15, 0.2) is 6.29 Å². The van der Waals surface area contributed by atoms with E-state index in [2.05, 4.69) is 32.4 Å². The fourth-order valence-corrected chi connectivity index (χ4v) is 3.05. The smallest absolute Gasteiger partial charge is 0.254 e. The summed E-state index contributed by atoms with van der Waals surface area (Å²) in [7, 11) is 3.45. The van der Waals surface area contributed by atoms with E-state index >= 15 is 0 Å². The molecule has 0 atom stereocenters. The lowest BCUT2D eigenvalue weighted by Crippen LogP contribution is -2.28. The maximum absolute atomic E-state index is 13.0. The third-order valence-electron chi connectivity index (χ3n) is 4.81. The molecule has 3 rings (SSSR count). The van der Waals surface area contributed by atoms with Gasteiger partial charge in [-0.05, 0) is 36.8 Å². The summed E-state index contributed by atoms with van der Waals surface area (Å²) in [5, 5.41) is 6.02. The van der Waals surface area contributed by atoms with Crippen LogP contribution in [0.4, 0.5) is 21.8 Å². The van der Waals surface area contributed by atoms with Crippen molar-refractivity contribution in [3.05, 3.63) is 77.2 Å². The predicted octanol–water partition coefficient (Wildman–Crippen LogP) is 4.12. The van der Waals surface area contributed by atoms with Crippen molar-refractivity contribution in [2.75, 3.05) is 31.3 Å². The number of benzene rings is 2. The SMILES string of the molecule is CNc1nc(Nc2ccc(F)cc2)ncc1C#CCCCN(C)C(=O)c1ccccc1C=O. The van der Waals surface area contributed by atoms with E-state index in [9.17, 15) is 14.0 Å². The van der Waals surface area contributed by atoms with Crippen LogP contribution in [0.3, 0.4) is 0 Å². The van der Waals surface area contributed by atoms with Crippen molar-refractivity contribution in [1.29, 1.82) is 0 Å². The zero-order valence-corrected chi connectivity index (χ0v) is 18.4. The van der Waals surface area contributed by atoms with Crippen LogP contribution >= 0.6 is 0 Å². The van der Waals surface area contributed by atoms with Crippen LogP contribution in [0.5, 0.6) is 0 Å². The van der Waals surface area contributed by atoms with Crippen LogP contribution in [0.1, 0.15) is 39.1 Å². The molecule has 0 spiro atoms. The minimum absolute atomic E-state index is 0.194. The van der Waals surface area contributed by atoms with Crippen molar-refractivity contribution in [2.45, 2.75) is 12.8 Å². The quantitative estimate of drug-likeness (QED) is 0.308. The first-order valence-corrected chi connectivity index (χ1v) is 10.4. The monoisotopic (exact) mass is 445 g/mol. The number of nitrogens with one attached hydrogen (secondary N) is 2. The molecule has 0 aliphatic heterocycles. The van der Waals surface area contributed by atoms with Crippen molar-refractivity contribution < 1.29 is 14.0 Å². The molecule has 168 valence electrons. The highest BCUT2D eigenvalue weighted by molar-refractivity contribution is 6.01. The minimum Gasteiger partial charge on any atom is -0.372 e. The van der Waals surface area contributed by atoms with Crippen LogP contribution in [-0.4, -0.2) is 47.7 Å². The highest BCUT2D eigenvalue weighted by Gasteiger charge is 2.14. The van der Waals surface area contributed by atoms with Gasteiger partial charge >= 0.3 is 0 Å². The Kier molecular flexibility index (Phi) is 8.08. The summed E-state index contributed by atoms with van der Waals surface area (Å²) in [5.74, 6) is 6.56. The van der Waals surface area contributed by atoms with E-state index in [0.717, 1.165) is 0 Å². The molecule has 33 heavy (non-hydrogen) atoms. The van der Waals surface area contributed by atoms with Crippen LogP contribution in [0.25, 0.3) is 0 Å². The number of unbranched alkanes of at least 4 members (excludes halogenated alkanes) is 1. The zero-order valence-electron chi connectivity index (χ0n) is 18.4. The molecule has 2 N–H and O–H groups in total. The maximum Gasteiger partial charge on any atom is 0.254 e. The van der Waals surface area contributed by atoms with Crippen LogP contribution in [0.15, 0.2) is 54.7 Å². The molecular weight excluding hydrogens is 421 g/mol. The lowest BCUT2D eigenvalue weighted by Gasteiger charge is -2.17. The number of carbonyl (C=O) groups is 2. The largest absolute Gasteiger partial charge is 0.372 e. The van der Waals surface area contributed by atoms with Crippen LogP contribution in [-0.2, 0) is 0 Å². The molecule has 0 saturated heterocycles. The topological polar surface area (TPSA) is 87.2 Å². The van der Waals surface area contributed by atoms with Crippen molar-refractivity contribution in [1.82, 2.24) is 14.9 Å². The van der Waals surface area contributed by atoms with Crippen LogP contribution < -0.4 is 10.6 Å². The summed E-state index contributed by atoms with van der Waals surface area (Å²) in [6.07, 6.45) is 3.56. The van der Waals surface area contributed by atoms with E-state index in [4.69, 9.17) is 0 Å². The van der Waals surface area contributed by atoms with Gasteiger partial charge < -0.3 is 15.5 Å². The molecule has 1 heterocycles. The first-order chi connectivity index (χ1) is 16.0. The molecule has 7 nitrogen and oxygen atoms in total. The summed E-state index contributed by atoms with van der Waals surface area (Å²) in [4.78, 5) is 33.9. The molecule has 1 amide bonds. The Morgan fingerprint density at radius 1 is 1.18 bits per heavy atom. The first-order valence-electron chi connectivity index (χ1n) is 10.4. The number of amides is 1. The molecule has 0 aliphatic carbocycles. The Morgan fingerprint density at radius 3 is 2.67 bits per heavy atom. The Hall–Kier alpha value is -4.25. The number of halogens is 1. The van der Waals surface area contributed by atoms with Gasteiger partial charge in [-0.25, -0.2) is 9.37 Å². The fraction of sp³-hybridized carbons (Fsp3) is 0.200. The van der Waals surface area contributed by atoms with Gasteiger partial charge in [0.2, 0.25) is 5.95 Å². The number of hydrogen-bond acceptors (Lipinski definition) is 6. The molecule has 0 bridgehead atoms. The maximum atomic E-state index is 13.0. The lowest BCUT2D eigenvalue weighted by molar-refractivity contribution is 0.0791. The minimum atomic E-state index is -0.315. The van der Waals surface area contributed by atoms with Gasteiger partial charge in [-0.3, -0.25) is 9.59 Å². The standard InChI is InChI=1S/C25H24FN5O2/c1-27-23-18(16-28-25(30-23)29-21-13-11-20(26)12-14-21)8-4-3-7-15-31(2)24(33)22-10-6-5-9-19(22)17-32/h5-6,9-14,16-17H,3,7,15H2,1-2H3,(H2,27,28,29,30). The van der Waals surface area contributed by atoms with Gasteiger partial charge in [0, 0.05) is 38.3 Å². The molecule has 8 heteroatoms. The fourth-order valence-electron chi connectivity index (χ4n) is 3.05. The highest BCUT2D eigenvalue weighted by Crippen LogP contribution is 2.17. The normalized spacial score (nSPS) is 10.0. The van der Waals surface area contributed by atoms with Gasteiger partial charge in [-0.1, -0.05) is 30.0 Å². The number of nitrogens with zero attached hydrogens (tertiary/aromatic N) is 3. The Bertz CT molecular complexity index is 1190. The predicted molar refractivity (Wildman–Crippen MR) is 126 cm³/mol. The first kappa shape index (κ1) is 23.4. The second-order valence-electron chi connectivity index (χ2n) is 7.17. The van der Waals surface area contributed by atoms with Crippen LogP contribution in [0, 0.1) is 17.7 Å². The molecule has 1 aromatic heterocycles. The number of aromatic nitrogens is 2. The van der Waals surface area contributed by atoms with Gasteiger partial charge in [0.05, 0.1) is 17.3 Å². The second-order valence-corrected chi connectivity index (χ2v) is 7.17. The Labute approximate surface area is 192 Å². The van der Waals surface area contributed by atoms with Gasteiger partial charge in [-0.15, -0.1) is 0 Å². The highest BCUT2D eigenvalue weighted by atomic mass is 19.1. The number of carbonyl (C=O) groups excluding carboxylic acids is 2. The van der Waals surface area contributed by atoms with E-state index in [1.54, 1.807) is 61.6 Å². The third-order valence-corrected chi connectivity index (χ3v) is 4.81. The second kappa shape index (κ2) is 11.4. The molecule has 0 fully saturated rings. The molecule has 0 radical (unpaired) electrons. The van der Waals surface area contributed by atoms with E-state index in [1.807, 2.05) is 0 Å². The zero-order chi connectivity index (χ0) is 23.6. The molecule has 0 saturated carbocycles. The van der Waals surface area contributed by atoms with Crippen LogP contribution in [0.2, 0.25) is 0 Å². The average molecular weight is 445 g/mol. The Balaban J connectivity index is 1.56. The lowest BCUT2D eigenvalue weighted by atomic mass is 10.1. The van der Waals surface area contributed by atoms with Crippen molar-refractivity contribution in [3.63, 3.8) is 0 Å².